The van der Waals surface area contributed by atoms with Crippen LogP contribution in [0, 0.1) is 34.0 Å². The Morgan fingerprint density at radius 2 is 1.54 bits per heavy atom. The van der Waals surface area contributed by atoms with Crippen molar-refractivity contribution in [2.75, 3.05) is 26.7 Å². The number of hydrogen-bond acceptors (Lipinski definition) is 7. The Morgan fingerprint density at radius 1 is 0.940 bits per heavy atom. The van der Waals surface area contributed by atoms with Gasteiger partial charge in [0.1, 0.15) is 17.7 Å². The molecule has 2 aliphatic carbocycles. The van der Waals surface area contributed by atoms with Crippen molar-refractivity contribution in [3.8, 4) is 0 Å². The van der Waals surface area contributed by atoms with Gasteiger partial charge in [-0.1, -0.05) is 74.3 Å². The Hall–Kier alpha value is -3.64. The minimum Gasteiger partial charge on any atom is -0.444 e. The van der Waals surface area contributed by atoms with Crippen molar-refractivity contribution in [2.24, 2.45) is 34.0 Å². The van der Waals surface area contributed by atoms with Crippen LogP contribution in [0.25, 0.3) is 0 Å². The number of urea groups is 1. The van der Waals surface area contributed by atoms with Gasteiger partial charge in [-0.3, -0.25) is 19.2 Å². The van der Waals surface area contributed by atoms with Gasteiger partial charge in [0.2, 0.25) is 17.6 Å². The van der Waals surface area contributed by atoms with E-state index in [4.69, 9.17) is 4.74 Å². The standard InChI is InChI=1S/C37H62N6O7/c1-14-17-38-30(46)27(44)23(18-21-15-16-21)39-29(45)26-25-22(37(25,11)12)19-43(26)31(47)28(35(5,6)7)41-32(48)40-24(34(2,3)4)20-42(13)33(49)50-36(8,9)10/h14,21-26,28H,1,15-20H2,2-13H3,(H,38,46)(H,39,45)(H2,40,41,48)/t22-,23?,24+,25-,26-,28+/m0/s1. The molecule has 2 saturated carbocycles. The summed E-state index contributed by atoms with van der Waals surface area (Å²) in [5, 5.41) is 11.2. The fourth-order valence-corrected chi connectivity index (χ4v) is 6.77. The SMILES string of the molecule is C=CCNC(=O)C(=O)C(CC1CC1)NC(=O)[C@@H]1[C@@H]2[C@H](CN1C(=O)[C@@H](NC(=O)N[C@H](CN(C)C(=O)OC(C)(C)C)C(C)(C)C)C(C)(C)C)C2(C)C. The second-order valence-electron chi connectivity index (χ2n) is 18.2. The lowest BCUT2D eigenvalue weighted by Gasteiger charge is -2.39. The van der Waals surface area contributed by atoms with E-state index in [1.165, 1.54) is 11.0 Å². The van der Waals surface area contributed by atoms with Crippen LogP contribution in [0.1, 0.15) is 95.4 Å². The molecule has 6 atom stereocenters. The number of carbonyl (C=O) groups is 6. The molecular weight excluding hydrogens is 640 g/mol. The van der Waals surface area contributed by atoms with Gasteiger partial charge in [0.05, 0.1) is 12.1 Å². The summed E-state index contributed by atoms with van der Waals surface area (Å²) in [5.41, 5.74) is -2.08. The molecule has 3 fully saturated rings. The molecule has 1 heterocycles. The number of rotatable bonds is 13. The van der Waals surface area contributed by atoms with Gasteiger partial charge in [0, 0.05) is 26.7 Å². The summed E-state index contributed by atoms with van der Waals surface area (Å²) in [7, 11) is 1.61. The molecule has 1 saturated heterocycles. The number of piperidine rings is 1. The molecule has 282 valence electrons. The largest absolute Gasteiger partial charge is 0.444 e. The fourth-order valence-electron chi connectivity index (χ4n) is 6.77. The number of hydrogen-bond donors (Lipinski definition) is 4. The van der Waals surface area contributed by atoms with E-state index < -0.39 is 76.2 Å². The highest BCUT2D eigenvalue weighted by molar-refractivity contribution is 6.38. The highest BCUT2D eigenvalue weighted by Gasteiger charge is 2.70. The van der Waals surface area contributed by atoms with Crippen LogP contribution in [-0.4, -0.2) is 102 Å². The molecule has 0 aromatic heterocycles. The van der Waals surface area contributed by atoms with Gasteiger partial charge < -0.3 is 35.8 Å². The predicted octanol–water partition coefficient (Wildman–Crippen LogP) is 3.62. The topological polar surface area (TPSA) is 166 Å². The molecule has 6 amide bonds. The van der Waals surface area contributed by atoms with Crippen molar-refractivity contribution in [1.82, 2.24) is 31.1 Å². The zero-order chi connectivity index (χ0) is 38.1. The lowest BCUT2D eigenvalue weighted by atomic mass is 9.85. The second kappa shape index (κ2) is 14.9. The molecule has 1 aliphatic heterocycles. The first kappa shape index (κ1) is 40.8. The summed E-state index contributed by atoms with van der Waals surface area (Å²) in [6.07, 6.45) is 3.16. The molecular formula is C37H62N6O7. The summed E-state index contributed by atoms with van der Waals surface area (Å²) in [6.45, 7) is 25.0. The number of carbonyl (C=O) groups excluding carboxylic acids is 6. The van der Waals surface area contributed by atoms with Gasteiger partial charge >= 0.3 is 12.1 Å². The highest BCUT2D eigenvalue weighted by atomic mass is 16.6. The second-order valence-corrected chi connectivity index (χ2v) is 18.2. The van der Waals surface area contributed by atoms with Crippen LogP contribution in [-0.2, 0) is 23.9 Å². The monoisotopic (exact) mass is 702 g/mol. The third-order valence-electron chi connectivity index (χ3n) is 10.2. The number of nitrogens with zero attached hydrogens (tertiary/aromatic N) is 2. The summed E-state index contributed by atoms with van der Waals surface area (Å²) >= 11 is 0. The molecule has 3 aliphatic rings. The van der Waals surface area contributed by atoms with E-state index in [1.54, 1.807) is 32.7 Å². The first-order chi connectivity index (χ1) is 22.8. The minimum atomic E-state index is -1.01. The number of ketones is 1. The summed E-state index contributed by atoms with van der Waals surface area (Å²) in [4.78, 5) is 83.5. The number of likely N-dealkylation sites (tertiary alicyclic amines) is 1. The van der Waals surface area contributed by atoms with Crippen molar-refractivity contribution < 1.29 is 33.5 Å². The number of likely N-dealkylation sites (N-methyl/N-ethyl adjacent to an activating group) is 1. The van der Waals surface area contributed by atoms with Crippen molar-refractivity contribution in [1.29, 1.82) is 0 Å². The van der Waals surface area contributed by atoms with E-state index in [0.717, 1.165) is 12.8 Å². The zero-order valence-electron chi connectivity index (χ0n) is 32.3. The molecule has 1 unspecified atom stereocenters. The number of fused-ring (bicyclic) bond motifs is 1. The molecule has 0 aromatic carbocycles. The lowest BCUT2D eigenvalue weighted by molar-refractivity contribution is -0.145. The van der Waals surface area contributed by atoms with Crippen LogP contribution in [0.3, 0.4) is 0 Å². The van der Waals surface area contributed by atoms with E-state index in [2.05, 4.69) is 41.7 Å². The number of amides is 6. The molecule has 0 spiro atoms. The van der Waals surface area contributed by atoms with Crippen LogP contribution in [0.5, 0.6) is 0 Å². The fraction of sp³-hybridized carbons (Fsp3) is 0.784. The Balaban J connectivity index is 1.81. The van der Waals surface area contributed by atoms with E-state index in [9.17, 15) is 28.8 Å². The molecule has 0 radical (unpaired) electrons. The van der Waals surface area contributed by atoms with Gasteiger partial charge in [-0.2, -0.15) is 0 Å². The van der Waals surface area contributed by atoms with Gasteiger partial charge in [-0.05, 0) is 61.2 Å². The summed E-state index contributed by atoms with van der Waals surface area (Å²) in [6, 6.07) is -3.96. The predicted molar refractivity (Wildman–Crippen MR) is 191 cm³/mol. The number of Topliss-reactive ketones (excluding diaryl/α,β-unsaturated/α-hetero) is 1. The van der Waals surface area contributed by atoms with Gasteiger partial charge in [-0.25, -0.2) is 9.59 Å². The van der Waals surface area contributed by atoms with E-state index in [-0.39, 0.29) is 36.3 Å². The zero-order valence-corrected chi connectivity index (χ0v) is 32.3. The Bertz CT molecular complexity index is 1340. The first-order valence-corrected chi connectivity index (χ1v) is 17.8. The third kappa shape index (κ3) is 10.2. The maximum Gasteiger partial charge on any atom is 0.410 e. The van der Waals surface area contributed by atoms with Crippen LogP contribution < -0.4 is 21.3 Å². The smallest absolute Gasteiger partial charge is 0.410 e. The molecule has 0 bridgehead atoms. The van der Waals surface area contributed by atoms with Crippen molar-refractivity contribution in [2.45, 2.75) is 125 Å². The Kier molecular flexibility index (Phi) is 12.2. The van der Waals surface area contributed by atoms with Crippen molar-refractivity contribution >= 4 is 35.6 Å². The molecule has 3 rings (SSSR count). The third-order valence-corrected chi connectivity index (χ3v) is 10.2. The average Bonchev–Trinajstić information content (AvgIpc) is 3.82. The quantitative estimate of drug-likeness (QED) is 0.168. The number of nitrogens with one attached hydrogen (secondary N) is 4. The molecule has 13 heteroatoms. The molecule has 50 heavy (non-hydrogen) atoms. The van der Waals surface area contributed by atoms with Crippen LogP contribution in [0.4, 0.5) is 9.59 Å². The normalized spacial score (nSPS) is 23.0. The summed E-state index contributed by atoms with van der Waals surface area (Å²) in [5.74, 6) is -2.19. The minimum absolute atomic E-state index is 0.0683. The maximum atomic E-state index is 14.4. The van der Waals surface area contributed by atoms with Crippen LogP contribution >= 0.6 is 0 Å². The average molecular weight is 703 g/mol. The molecule has 13 nitrogen and oxygen atoms in total. The van der Waals surface area contributed by atoms with Crippen molar-refractivity contribution in [3.63, 3.8) is 0 Å². The van der Waals surface area contributed by atoms with Crippen LogP contribution in [0.15, 0.2) is 12.7 Å². The van der Waals surface area contributed by atoms with Gasteiger partial charge in [0.15, 0.2) is 0 Å². The lowest BCUT2D eigenvalue weighted by Crippen LogP contribution is -2.62. The molecule has 4 N–H and O–H groups in total. The van der Waals surface area contributed by atoms with E-state index in [1.807, 2.05) is 41.5 Å². The Labute approximate surface area is 298 Å². The highest BCUT2D eigenvalue weighted by Crippen LogP contribution is 2.65. The van der Waals surface area contributed by atoms with E-state index in [0.29, 0.717) is 13.0 Å². The van der Waals surface area contributed by atoms with Crippen LogP contribution in [0.2, 0.25) is 0 Å². The van der Waals surface area contributed by atoms with Gasteiger partial charge in [0.25, 0.3) is 5.91 Å². The summed E-state index contributed by atoms with van der Waals surface area (Å²) < 4.78 is 5.49. The van der Waals surface area contributed by atoms with Crippen molar-refractivity contribution in [3.05, 3.63) is 12.7 Å². The van der Waals surface area contributed by atoms with E-state index >= 15 is 0 Å². The maximum absolute atomic E-state index is 14.4. The first-order valence-electron chi connectivity index (χ1n) is 17.8. The number of ether oxygens (including phenoxy) is 1. The molecule has 0 aromatic rings. The van der Waals surface area contributed by atoms with Gasteiger partial charge in [-0.15, -0.1) is 6.58 Å². The Morgan fingerprint density at radius 3 is 2.04 bits per heavy atom.